The first kappa shape index (κ1) is 17.0. The molecule has 7 heteroatoms. The van der Waals surface area contributed by atoms with Crippen LogP contribution in [0, 0.1) is 17.2 Å². The average Bonchev–Trinajstić information content (AvgIpc) is 2.61. The maximum Gasteiger partial charge on any atom is 0.250 e. The molecule has 134 valence electrons. The molecule has 0 radical (unpaired) electrons. The predicted octanol–water partition coefficient (Wildman–Crippen LogP) is 1.77. The highest BCUT2D eigenvalue weighted by Crippen LogP contribution is 2.40. The highest BCUT2D eigenvalue weighted by atomic mass is 32.2. The standard InChI is InChI=1S/C19H19N3O3S/c1-26(24,25)21-10-14-8-16(12-21)19-17(5-6-18(23)22(19)11-14)15-4-2-3-13(7-15)9-20/h2-7,14,16H,8,10-12H2,1H3. The van der Waals surface area contributed by atoms with Crippen LogP contribution in [-0.4, -0.2) is 36.6 Å². The lowest BCUT2D eigenvalue weighted by Crippen LogP contribution is -2.49. The minimum atomic E-state index is -3.27. The summed E-state index contributed by atoms with van der Waals surface area (Å²) in [5, 5.41) is 9.18. The molecule has 0 aliphatic carbocycles. The third-order valence-electron chi connectivity index (χ3n) is 5.33. The van der Waals surface area contributed by atoms with Crippen LogP contribution in [-0.2, 0) is 16.6 Å². The molecule has 1 aromatic heterocycles. The van der Waals surface area contributed by atoms with Gasteiger partial charge in [-0.3, -0.25) is 4.79 Å². The Balaban J connectivity index is 1.88. The number of hydrogen-bond acceptors (Lipinski definition) is 4. The zero-order chi connectivity index (χ0) is 18.5. The maximum atomic E-state index is 12.5. The number of pyridine rings is 1. The van der Waals surface area contributed by atoms with Crippen molar-refractivity contribution in [2.24, 2.45) is 5.92 Å². The topological polar surface area (TPSA) is 83.2 Å². The first-order valence-electron chi connectivity index (χ1n) is 8.56. The van der Waals surface area contributed by atoms with Gasteiger partial charge in [-0.15, -0.1) is 0 Å². The fraction of sp³-hybridized carbons (Fsp3) is 0.368. The van der Waals surface area contributed by atoms with E-state index in [4.69, 9.17) is 0 Å². The second-order valence-corrected chi connectivity index (χ2v) is 9.13. The summed E-state index contributed by atoms with van der Waals surface area (Å²) < 4.78 is 27.4. The molecule has 26 heavy (non-hydrogen) atoms. The van der Waals surface area contributed by atoms with Crippen LogP contribution in [0.3, 0.4) is 0 Å². The van der Waals surface area contributed by atoms with Gasteiger partial charge in [-0.2, -0.15) is 5.26 Å². The number of sulfonamides is 1. The molecule has 2 aliphatic heterocycles. The van der Waals surface area contributed by atoms with E-state index in [1.54, 1.807) is 22.8 Å². The molecule has 2 aliphatic rings. The highest BCUT2D eigenvalue weighted by Gasteiger charge is 2.38. The van der Waals surface area contributed by atoms with Crippen LogP contribution in [0.4, 0.5) is 0 Å². The normalized spacial score (nSPS) is 22.5. The first-order valence-corrected chi connectivity index (χ1v) is 10.4. The number of nitrogens with zero attached hydrogens (tertiary/aromatic N) is 3. The van der Waals surface area contributed by atoms with Crippen molar-refractivity contribution in [2.75, 3.05) is 19.3 Å². The van der Waals surface area contributed by atoms with Gasteiger partial charge >= 0.3 is 0 Å². The maximum absolute atomic E-state index is 12.5. The molecule has 3 heterocycles. The zero-order valence-corrected chi connectivity index (χ0v) is 15.2. The quantitative estimate of drug-likeness (QED) is 0.808. The molecule has 1 fully saturated rings. The Hall–Kier alpha value is -2.43. The third kappa shape index (κ3) is 2.85. The van der Waals surface area contributed by atoms with Gasteiger partial charge in [0.1, 0.15) is 0 Å². The van der Waals surface area contributed by atoms with E-state index in [-0.39, 0.29) is 17.4 Å². The minimum Gasteiger partial charge on any atom is -0.311 e. The van der Waals surface area contributed by atoms with Gasteiger partial charge in [0.15, 0.2) is 0 Å². The number of rotatable bonds is 2. The van der Waals surface area contributed by atoms with Crippen molar-refractivity contribution in [3.63, 3.8) is 0 Å². The van der Waals surface area contributed by atoms with Crippen LogP contribution in [0.1, 0.15) is 23.6 Å². The van der Waals surface area contributed by atoms with Crippen molar-refractivity contribution in [3.05, 3.63) is 58.0 Å². The monoisotopic (exact) mass is 369 g/mol. The zero-order valence-electron chi connectivity index (χ0n) is 14.4. The van der Waals surface area contributed by atoms with Gasteiger partial charge in [-0.1, -0.05) is 12.1 Å². The van der Waals surface area contributed by atoms with Crippen LogP contribution in [0.25, 0.3) is 11.1 Å². The van der Waals surface area contributed by atoms with E-state index in [1.165, 1.54) is 10.6 Å². The third-order valence-corrected chi connectivity index (χ3v) is 6.56. The van der Waals surface area contributed by atoms with Crippen LogP contribution in [0.5, 0.6) is 0 Å². The Morgan fingerprint density at radius 1 is 1.15 bits per heavy atom. The molecule has 1 aromatic carbocycles. The summed E-state index contributed by atoms with van der Waals surface area (Å²) in [7, 11) is -3.27. The van der Waals surface area contributed by atoms with Crippen LogP contribution in [0.2, 0.25) is 0 Å². The smallest absolute Gasteiger partial charge is 0.250 e. The van der Waals surface area contributed by atoms with E-state index in [0.717, 1.165) is 23.2 Å². The summed E-state index contributed by atoms with van der Waals surface area (Å²) in [5.74, 6) is 0.126. The molecule has 0 amide bonds. The lowest BCUT2D eigenvalue weighted by molar-refractivity contribution is 0.187. The lowest BCUT2D eigenvalue weighted by atomic mass is 9.81. The highest BCUT2D eigenvalue weighted by molar-refractivity contribution is 7.88. The second-order valence-electron chi connectivity index (χ2n) is 7.15. The SMILES string of the molecule is CS(=O)(=O)N1CC2CC(C1)c1c(-c3cccc(C#N)c3)ccc(=O)n1C2. The number of nitriles is 1. The lowest BCUT2D eigenvalue weighted by Gasteiger charge is -2.42. The van der Waals surface area contributed by atoms with Gasteiger partial charge in [0, 0.05) is 42.9 Å². The molecule has 4 rings (SSSR count). The van der Waals surface area contributed by atoms with Gasteiger partial charge in [0.05, 0.1) is 17.9 Å². The summed E-state index contributed by atoms with van der Waals surface area (Å²) in [4.78, 5) is 12.5. The molecule has 2 atom stereocenters. The Bertz CT molecular complexity index is 1080. The Kier molecular flexibility index (Phi) is 3.98. The fourth-order valence-corrected chi connectivity index (χ4v) is 5.17. The van der Waals surface area contributed by atoms with E-state index in [2.05, 4.69) is 6.07 Å². The van der Waals surface area contributed by atoms with Crippen molar-refractivity contribution in [2.45, 2.75) is 18.9 Å². The minimum absolute atomic E-state index is 0.0214. The molecular weight excluding hydrogens is 350 g/mol. The molecule has 0 N–H and O–H groups in total. The summed E-state index contributed by atoms with van der Waals surface area (Å²) >= 11 is 0. The average molecular weight is 369 g/mol. The van der Waals surface area contributed by atoms with E-state index in [1.807, 2.05) is 18.2 Å². The van der Waals surface area contributed by atoms with Gasteiger partial charge in [0.2, 0.25) is 10.0 Å². The molecule has 2 unspecified atom stereocenters. The van der Waals surface area contributed by atoms with Crippen molar-refractivity contribution in [1.82, 2.24) is 8.87 Å². The number of fused-ring (bicyclic) bond motifs is 4. The Labute approximate surface area is 152 Å². The van der Waals surface area contributed by atoms with Gasteiger partial charge in [-0.05, 0) is 36.1 Å². The van der Waals surface area contributed by atoms with Crippen molar-refractivity contribution < 1.29 is 8.42 Å². The van der Waals surface area contributed by atoms with Gasteiger partial charge in [-0.25, -0.2) is 12.7 Å². The second kappa shape index (κ2) is 6.08. The first-order chi connectivity index (χ1) is 12.4. The number of hydrogen-bond donors (Lipinski definition) is 0. The van der Waals surface area contributed by atoms with Crippen LogP contribution >= 0.6 is 0 Å². The number of piperidine rings is 1. The summed E-state index contributed by atoms with van der Waals surface area (Å²) in [6, 6.07) is 12.8. The molecular formula is C19H19N3O3S. The molecule has 2 aromatic rings. The number of benzene rings is 1. The molecule has 0 spiro atoms. The van der Waals surface area contributed by atoms with E-state index < -0.39 is 10.0 Å². The molecule has 0 saturated carbocycles. The number of aromatic nitrogens is 1. The van der Waals surface area contributed by atoms with Crippen molar-refractivity contribution >= 4 is 10.0 Å². The van der Waals surface area contributed by atoms with Gasteiger partial charge in [0.25, 0.3) is 5.56 Å². The fourth-order valence-electron chi connectivity index (χ4n) is 4.24. The van der Waals surface area contributed by atoms with Crippen LogP contribution < -0.4 is 5.56 Å². The van der Waals surface area contributed by atoms with Gasteiger partial charge < -0.3 is 4.57 Å². The predicted molar refractivity (Wildman–Crippen MR) is 98.1 cm³/mol. The Morgan fingerprint density at radius 3 is 2.69 bits per heavy atom. The van der Waals surface area contributed by atoms with Crippen LogP contribution in [0.15, 0.2) is 41.2 Å². The summed E-state index contributed by atoms with van der Waals surface area (Å²) in [6.45, 7) is 1.39. The molecule has 6 nitrogen and oxygen atoms in total. The van der Waals surface area contributed by atoms with E-state index >= 15 is 0 Å². The van der Waals surface area contributed by atoms with E-state index in [0.29, 0.717) is 25.2 Å². The summed E-state index contributed by atoms with van der Waals surface area (Å²) in [5.41, 5.74) is 3.17. The van der Waals surface area contributed by atoms with E-state index in [9.17, 15) is 18.5 Å². The molecule has 1 saturated heterocycles. The molecule has 2 bridgehead atoms. The summed E-state index contributed by atoms with van der Waals surface area (Å²) in [6.07, 6.45) is 2.11. The largest absolute Gasteiger partial charge is 0.311 e. The van der Waals surface area contributed by atoms with Crippen molar-refractivity contribution in [3.8, 4) is 17.2 Å². The Morgan fingerprint density at radius 2 is 1.96 bits per heavy atom. The van der Waals surface area contributed by atoms with Crippen molar-refractivity contribution in [1.29, 1.82) is 5.26 Å².